The molecule has 2 heterocycles. The number of aliphatic hydroxyl groups is 1. The normalized spacial score (nSPS) is 22.7. The maximum Gasteiger partial charge on any atom is 0.410 e. The zero-order valence-electron chi connectivity index (χ0n) is 16.5. The second-order valence-electron chi connectivity index (χ2n) is 8.89. The molecule has 3 rings (SSSR count). The molecule has 1 amide bonds. The van der Waals surface area contributed by atoms with Crippen LogP contribution in [-0.2, 0) is 10.3 Å². The highest BCUT2D eigenvalue weighted by molar-refractivity contribution is 5.80. The topological polar surface area (TPSA) is 62.7 Å². The second-order valence-corrected chi connectivity index (χ2v) is 8.89. The first-order valence-corrected chi connectivity index (χ1v) is 9.19. The Bertz CT molecular complexity index is 875. The van der Waals surface area contributed by atoms with Crippen LogP contribution in [-0.4, -0.2) is 39.8 Å². The van der Waals surface area contributed by atoms with Crippen LogP contribution in [0, 0.1) is 11.2 Å². The molecule has 1 aromatic carbocycles. The Morgan fingerprint density at radius 3 is 2.63 bits per heavy atom. The molecule has 1 aliphatic heterocycles. The summed E-state index contributed by atoms with van der Waals surface area (Å²) in [6, 6.07) is 6.67. The zero-order valence-corrected chi connectivity index (χ0v) is 16.5. The summed E-state index contributed by atoms with van der Waals surface area (Å²) in [4.78, 5) is 18.2. The van der Waals surface area contributed by atoms with Gasteiger partial charge in [0.15, 0.2) is 0 Å². The number of aromatic nitrogens is 1. The van der Waals surface area contributed by atoms with Gasteiger partial charge in [-0.2, -0.15) is 0 Å². The Morgan fingerprint density at radius 2 is 2.00 bits per heavy atom. The third-order valence-corrected chi connectivity index (χ3v) is 5.27. The van der Waals surface area contributed by atoms with Crippen LogP contribution in [0.25, 0.3) is 10.9 Å². The molecule has 146 valence electrons. The number of carbonyl (C=O) groups excluding carboxylic acids is 1. The summed E-state index contributed by atoms with van der Waals surface area (Å²) < 4.78 is 20.7. The van der Waals surface area contributed by atoms with Crippen LogP contribution in [0.5, 0.6) is 0 Å². The smallest absolute Gasteiger partial charge is 0.410 e. The number of halogens is 1. The number of amides is 1. The van der Waals surface area contributed by atoms with E-state index in [1.165, 1.54) is 0 Å². The number of nitrogens with zero attached hydrogens (tertiary/aromatic N) is 2. The van der Waals surface area contributed by atoms with Crippen LogP contribution in [0.15, 0.2) is 30.5 Å². The molecule has 1 aromatic heterocycles. The molecule has 1 atom stereocenters. The fourth-order valence-corrected chi connectivity index (χ4v) is 3.74. The van der Waals surface area contributed by atoms with Crippen molar-refractivity contribution in [2.24, 2.45) is 5.41 Å². The van der Waals surface area contributed by atoms with Gasteiger partial charge in [-0.15, -0.1) is 0 Å². The van der Waals surface area contributed by atoms with Crippen molar-refractivity contribution in [3.8, 4) is 0 Å². The monoisotopic (exact) mass is 374 g/mol. The molecule has 1 unspecified atom stereocenters. The molecule has 1 aliphatic rings. The van der Waals surface area contributed by atoms with Crippen molar-refractivity contribution in [2.75, 3.05) is 13.1 Å². The Morgan fingerprint density at radius 1 is 1.30 bits per heavy atom. The third kappa shape index (κ3) is 3.50. The fourth-order valence-electron chi connectivity index (χ4n) is 3.74. The van der Waals surface area contributed by atoms with E-state index in [0.717, 1.165) is 0 Å². The fraction of sp³-hybridized carbons (Fsp3) is 0.524. The van der Waals surface area contributed by atoms with Gasteiger partial charge in [-0.3, -0.25) is 4.98 Å². The van der Waals surface area contributed by atoms with Gasteiger partial charge in [-0.25, -0.2) is 9.18 Å². The summed E-state index contributed by atoms with van der Waals surface area (Å²) in [5.41, 5.74) is -1.96. The molecule has 1 saturated heterocycles. The number of likely N-dealkylation sites (tertiary alicyclic amines) is 1. The van der Waals surface area contributed by atoms with E-state index in [1.54, 1.807) is 35.4 Å². The van der Waals surface area contributed by atoms with E-state index >= 15 is 4.39 Å². The van der Waals surface area contributed by atoms with Crippen LogP contribution in [0.2, 0.25) is 0 Å². The van der Waals surface area contributed by atoms with Crippen LogP contribution in [0.1, 0.15) is 46.6 Å². The quantitative estimate of drug-likeness (QED) is 0.811. The van der Waals surface area contributed by atoms with E-state index in [0.29, 0.717) is 17.4 Å². The molecule has 6 heteroatoms. The first kappa shape index (κ1) is 19.5. The minimum absolute atomic E-state index is 0.224. The van der Waals surface area contributed by atoms with Crippen LogP contribution in [0.4, 0.5) is 9.18 Å². The van der Waals surface area contributed by atoms with Crippen molar-refractivity contribution in [1.29, 1.82) is 0 Å². The van der Waals surface area contributed by atoms with E-state index in [-0.39, 0.29) is 18.5 Å². The molecule has 5 nitrogen and oxygen atoms in total. The summed E-state index contributed by atoms with van der Waals surface area (Å²) in [5, 5.41) is 11.9. The average Bonchev–Trinajstić information content (AvgIpc) is 2.56. The Balaban J connectivity index is 1.93. The second kappa shape index (κ2) is 6.44. The van der Waals surface area contributed by atoms with Gasteiger partial charge in [0.25, 0.3) is 0 Å². The van der Waals surface area contributed by atoms with Gasteiger partial charge < -0.3 is 14.7 Å². The van der Waals surface area contributed by atoms with Gasteiger partial charge >= 0.3 is 6.09 Å². The molecule has 27 heavy (non-hydrogen) atoms. The van der Waals surface area contributed by atoms with E-state index < -0.39 is 28.5 Å². The minimum atomic E-state index is -1.40. The predicted molar refractivity (Wildman–Crippen MR) is 102 cm³/mol. The summed E-state index contributed by atoms with van der Waals surface area (Å²) >= 11 is 0. The summed E-state index contributed by atoms with van der Waals surface area (Å²) in [6.45, 7) is 9.69. The highest BCUT2D eigenvalue weighted by atomic mass is 19.1. The van der Waals surface area contributed by atoms with Crippen molar-refractivity contribution in [3.05, 3.63) is 41.8 Å². The standard InChI is InChI=1S/C21H27FN2O3/c1-19(2,3)27-18(25)24-12-10-21(26,20(4,5)13-24)15-8-9-16-14(17(15)22)7-6-11-23-16/h6-9,11,26H,10,12-13H2,1-5H3. The van der Waals surface area contributed by atoms with Crippen molar-refractivity contribution in [2.45, 2.75) is 52.2 Å². The number of carbonyl (C=O) groups is 1. The molecule has 2 aromatic rings. The van der Waals surface area contributed by atoms with Gasteiger partial charge in [0.1, 0.15) is 17.0 Å². The van der Waals surface area contributed by atoms with Crippen molar-refractivity contribution >= 4 is 17.0 Å². The molecule has 0 spiro atoms. The molecule has 1 fully saturated rings. The molecule has 1 N–H and O–H groups in total. The van der Waals surface area contributed by atoms with Gasteiger partial charge in [0, 0.05) is 35.7 Å². The highest BCUT2D eigenvalue weighted by Crippen LogP contribution is 2.47. The van der Waals surface area contributed by atoms with Crippen LogP contribution < -0.4 is 0 Å². The van der Waals surface area contributed by atoms with Crippen molar-refractivity contribution < 1.29 is 19.0 Å². The van der Waals surface area contributed by atoms with Crippen LogP contribution in [0.3, 0.4) is 0 Å². The lowest BCUT2D eigenvalue weighted by Gasteiger charge is -2.50. The van der Waals surface area contributed by atoms with E-state index in [1.807, 2.05) is 34.6 Å². The maximum absolute atomic E-state index is 15.2. The lowest BCUT2D eigenvalue weighted by atomic mass is 9.66. The molecule has 0 bridgehead atoms. The number of piperidine rings is 1. The Hall–Kier alpha value is -2.21. The molecule has 0 radical (unpaired) electrons. The van der Waals surface area contributed by atoms with E-state index in [4.69, 9.17) is 4.74 Å². The number of benzene rings is 1. The average molecular weight is 374 g/mol. The molecule has 0 aliphatic carbocycles. The third-order valence-electron chi connectivity index (χ3n) is 5.27. The lowest BCUT2D eigenvalue weighted by molar-refractivity contribution is -0.125. The summed E-state index contributed by atoms with van der Waals surface area (Å²) in [5.74, 6) is -0.457. The zero-order chi connectivity index (χ0) is 20.0. The summed E-state index contributed by atoms with van der Waals surface area (Å²) in [6.07, 6.45) is 1.42. The molecule has 0 saturated carbocycles. The number of hydrogen-bond donors (Lipinski definition) is 1. The maximum atomic E-state index is 15.2. The van der Waals surface area contributed by atoms with Gasteiger partial charge in [0.05, 0.1) is 5.52 Å². The van der Waals surface area contributed by atoms with Gasteiger partial charge in [-0.1, -0.05) is 19.9 Å². The molecular weight excluding hydrogens is 347 g/mol. The van der Waals surface area contributed by atoms with Crippen molar-refractivity contribution in [1.82, 2.24) is 9.88 Å². The number of ether oxygens (including phenoxy) is 1. The first-order valence-electron chi connectivity index (χ1n) is 9.19. The van der Waals surface area contributed by atoms with Crippen LogP contribution >= 0.6 is 0 Å². The van der Waals surface area contributed by atoms with Crippen molar-refractivity contribution in [3.63, 3.8) is 0 Å². The minimum Gasteiger partial charge on any atom is -0.444 e. The lowest BCUT2D eigenvalue weighted by Crippen LogP contribution is -2.57. The SMILES string of the molecule is CC(C)(C)OC(=O)N1CCC(O)(c2ccc3ncccc3c2F)C(C)(C)C1. The Labute approximate surface area is 159 Å². The largest absolute Gasteiger partial charge is 0.444 e. The first-order chi connectivity index (χ1) is 12.4. The van der Waals surface area contributed by atoms with Gasteiger partial charge in [-0.05, 0) is 45.4 Å². The number of fused-ring (bicyclic) bond motifs is 1. The van der Waals surface area contributed by atoms with E-state index in [9.17, 15) is 9.90 Å². The number of rotatable bonds is 1. The predicted octanol–water partition coefficient (Wildman–Crippen LogP) is 4.23. The molecular formula is C21H27FN2O3. The van der Waals surface area contributed by atoms with Gasteiger partial charge in [0.2, 0.25) is 0 Å². The number of hydrogen-bond acceptors (Lipinski definition) is 4. The highest BCUT2D eigenvalue weighted by Gasteiger charge is 2.51. The summed E-state index contributed by atoms with van der Waals surface area (Å²) in [7, 11) is 0. The Kier molecular flexibility index (Phi) is 4.67. The number of pyridine rings is 1. The van der Waals surface area contributed by atoms with E-state index in [2.05, 4.69) is 4.98 Å².